The molecule has 3 aromatic carbocycles. The van der Waals surface area contributed by atoms with Gasteiger partial charge in [0.15, 0.2) is 0 Å². The van der Waals surface area contributed by atoms with E-state index in [2.05, 4.69) is 75.6 Å². The molecule has 0 spiro atoms. The molecule has 0 bridgehead atoms. The van der Waals surface area contributed by atoms with Gasteiger partial charge in [0.1, 0.15) is 0 Å². The summed E-state index contributed by atoms with van der Waals surface area (Å²) in [4.78, 5) is 0. The normalized spacial score (nSPS) is 11.2. The van der Waals surface area contributed by atoms with Crippen molar-refractivity contribution in [2.45, 2.75) is 0 Å². The standard InChI is InChI=1S/3C6H5.ClH.2Cr.2K.7O.Sn/c3*1-2-4-6-5-3-1;;;;;;;;;;;;;/h3*1-5H;1H;;;;;;;;;;;;/q;;;;;;2*+1;;;;;;2*-1;+1/p-1. The van der Waals surface area contributed by atoms with E-state index < -0.39 is 44.5 Å². The number of hydrogen-bond acceptors (Lipinski definition) is 7. The van der Waals surface area contributed by atoms with Crippen LogP contribution >= 0.6 is 8.92 Å². The average molecular weight is 680 g/mol. The van der Waals surface area contributed by atoms with Gasteiger partial charge in [-0.1, -0.05) is 0 Å². The second-order valence-electron chi connectivity index (χ2n) is 5.64. The summed E-state index contributed by atoms with van der Waals surface area (Å²) in [7, 11) is 7.33. The van der Waals surface area contributed by atoms with Gasteiger partial charge < -0.3 is 0 Å². The Morgan fingerprint density at radius 1 is 0.581 bits per heavy atom. The van der Waals surface area contributed by atoms with Gasteiger partial charge in [-0.05, 0) is 0 Å². The molecule has 7 nitrogen and oxygen atoms in total. The van der Waals surface area contributed by atoms with Crippen LogP contribution in [-0.2, 0) is 45.3 Å². The molecular weight excluding hydrogens is 665 g/mol. The summed E-state index contributed by atoms with van der Waals surface area (Å²) in [6, 6.07) is 31.6. The van der Waals surface area contributed by atoms with Crippen LogP contribution in [0.1, 0.15) is 0 Å². The number of rotatable bonds is 5. The fraction of sp³-hybridized carbons (Fsp3) is 0. The number of benzene rings is 3. The molecule has 0 aliphatic carbocycles. The third kappa shape index (κ3) is 11.6. The number of halogens is 1. The Bertz CT molecular complexity index is 1010. The minimum absolute atomic E-state index is 0. The van der Waals surface area contributed by atoms with Crippen molar-refractivity contribution < 1.29 is 156 Å². The topological polar surface area (TPSA) is 124 Å². The molecule has 0 saturated heterocycles. The van der Waals surface area contributed by atoms with Gasteiger partial charge in [0.25, 0.3) is 0 Å². The SMILES string of the molecule is [Cl][Sn]([c]1ccccc1)([c]1ccccc1)[c]1ccccc1.[K+].[K+].[O]=[Cr](=[O])([O-])[O][Cr](=[O])(=[O])[O-]. The summed E-state index contributed by atoms with van der Waals surface area (Å²) in [5, 5.41) is 0. The number of hydrogen-bond donors (Lipinski definition) is 0. The Kier molecular flexibility index (Phi) is 16.4. The van der Waals surface area contributed by atoms with Crippen molar-refractivity contribution in [3.8, 4) is 0 Å². The van der Waals surface area contributed by atoms with E-state index in [0.717, 1.165) is 0 Å². The van der Waals surface area contributed by atoms with Gasteiger partial charge in [0.2, 0.25) is 0 Å². The van der Waals surface area contributed by atoms with Crippen molar-refractivity contribution in [3.05, 3.63) is 91.0 Å². The molecule has 0 unspecified atom stereocenters. The molecule has 0 aliphatic heterocycles. The zero-order valence-electron chi connectivity index (χ0n) is 16.7. The van der Waals surface area contributed by atoms with E-state index in [-0.39, 0.29) is 103 Å². The molecule has 0 radical (unpaired) electrons. The predicted octanol–water partition coefficient (Wildman–Crippen LogP) is -6.03. The van der Waals surface area contributed by atoms with E-state index in [9.17, 15) is 23.5 Å². The van der Waals surface area contributed by atoms with Gasteiger partial charge in [-0.3, -0.25) is 0 Å². The summed E-state index contributed by atoms with van der Waals surface area (Å²) < 4.78 is 62.8. The molecule has 0 saturated carbocycles. The summed E-state index contributed by atoms with van der Waals surface area (Å²) in [6.45, 7) is 0. The van der Waals surface area contributed by atoms with Crippen LogP contribution in [0.2, 0.25) is 0 Å². The van der Waals surface area contributed by atoms with Crippen molar-refractivity contribution >= 4 is 36.9 Å². The molecule has 0 heterocycles. The molecule has 13 heteroatoms. The maximum atomic E-state index is 9.38. The molecule has 0 aromatic heterocycles. The molecule has 0 fully saturated rings. The summed E-state index contributed by atoms with van der Waals surface area (Å²) >= 11 is -15.4. The molecule has 0 atom stereocenters. The zero-order valence-corrected chi connectivity index (χ0v) is 29.1. The first kappa shape index (κ1) is 33.2. The Morgan fingerprint density at radius 3 is 0.968 bits per heavy atom. The van der Waals surface area contributed by atoms with E-state index in [1.165, 1.54) is 10.7 Å². The van der Waals surface area contributed by atoms with Crippen molar-refractivity contribution in [3.63, 3.8) is 0 Å². The maximum absolute atomic E-state index is 9.38. The Hall–Kier alpha value is 2.17. The van der Waals surface area contributed by atoms with E-state index >= 15 is 0 Å². The van der Waals surface area contributed by atoms with Crippen LogP contribution in [0.4, 0.5) is 0 Å². The van der Waals surface area contributed by atoms with Crippen LogP contribution < -0.4 is 122 Å². The third-order valence-corrected chi connectivity index (χ3v) is 20.4. The Balaban J connectivity index is 0.000000709. The second-order valence-corrected chi connectivity index (χ2v) is 21.8. The molecule has 3 rings (SSSR count). The van der Waals surface area contributed by atoms with E-state index in [0.29, 0.717) is 0 Å². The van der Waals surface area contributed by atoms with Crippen molar-refractivity contribution in [1.29, 1.82) is 0 Å². The van der Waals surface area contributed by atoms with Crippen molar-refractivity contribution in [1.82, 2.24) is 0 Å². The first-order valence-corrected chi connectivity index (χ1v) is 20.1. The summed E-state index contributed by atoms with van der Waals surface area (Å²) in [5.74, 6) is 0. The monoisotopic (exact) mass is 680 g/mol. The zero-order chi connectivity index (χ0) is 21.5. The summed E-state index contributed by atoms with van der Waals surface area (Å²) in [5.41, 5.74) is 0. The van der Waals surface area contributed by atoms with Crippen molar-refractivity contribution in [2.24, 2.45) is 0 Å². The average Bonchev–Trinajstić information content (AvgIpc) is 2.67. The molecule has 154 valence electrons. The van der Waals surface area contributed by atoms with Gasteiger partial charge in [0.05, 0.1) is 0 Å². The minimum atomic E-state index is -6.07. The predicted molar refractivity (Wildman–Crippen MR) is 93.7 cm³/mol. The fourth-order valence-corrected chi connectivity index (χ4v) is 15.2. The van der Waals surface area contributed by atoms with Crippen molar-refractivity contribution in [2.75, 3.05) is 0 Å². The van der Waals surface area contributed by atoms with E-state index in [1.807, 2.05) is 18.2 Å². The van der Waals surface area contributed by atoms with Crippen LogP contribution in [-0.4, -0.2) is 17.3 Å². The fourth-order valence-electron chi connectivity index (χ4n) is 2.61. The Morgan fingerprint density at radius 2 is 0.806 bits per heavy atom. The Labute approximate surface area is 278 Å². The molecule has 31 heavy (non-hydrogen) atoms. The molecule has 0 N–H and O–H groups in total. The molecule has 3 aromatic rings. The third-order valence-electron chi connectivity index (χ3n) is 3.68. The van der Waals surface area contributed by atoms with E-state index in [4.69, 9.17) is 8.92 Å². The van der Waals surface area contributed by atoms with Crippen LogP contribution in [0.3, 0.4) is 0 Å². The molecule has 0 amide bonds. The van der Waals surface area contributed by atoms with Crippen LogP contribution in [0.25, 0.3) is 0 Å². The van der Waals surface area contributed by atoms with Gasteiger partial charge in [-0.15, -0.1) is 0 Å². The first-order valence-electron chi connectivity index (χ1n) is 8.00. The molecular formula is C18H15ClCr2K2O7Sn. The van der Waals surface area contributed by atoms with E-state index in [1.54, 1.807) is 0 Å². The van der Waals surface area contributed by atoms with Crippen LogP contribution in [0, 0.1) is 0 Å². The van der Waals surface area contributed by atoms with Gasteiger partial charge in [0, 0.05) is 0 Å². The van der Waals surface area contributed by atoms with Gasteiger partial charge >= 0.3 is 284 Å². The van der Waals surface area contributed by atoms with Gasteiger partial charge in [-0.25, -0.2) is 0 Å². The van der Waals surface area contributed by atoms with Crippen LogP contribution in [0.15, 0.2) is 91.0 Å². The quantitative estimate of drug-likeness (QED) is 0.246. The first-order chi connectivity index (χ1) is 13.5. The van der Waals surface area contributed by atoms with Crippen LogP contribution in [0.5, 0.6) is 0 Å². The summed E-state index contributed by atoms with van der Waals surface area (Å²) in [6.07, 6.45) is 0. The molecule has 0 aliphatic rings. The second kappa shape index (κ2) is 15.3. The van der Waals surface area contributed by atoms with Gasteiger partial charge in [-0.2, -0.15) is 0 Å².